The van der Waals surface area contributed by atoms with Gasteiger partial charge in [-0.25, -0.2) is 8.78 Å². The Bertz CT molecular complexity index is 436. The molecule has 1 saturated carbocycles. The van der Waals surface area contributed by atoms with E-state index >= 15 is 0 Å². The zero-order chi connectivity index (χ0) is 14.0. The summed E-state index contributed by atoms with van der Waals surface area (Å²) in [7, 11) is 0. The van der Waals surface area contributed by atoms with Gasteiger partial charge in [0.05, 0.1) is 0 Å². The third kappa shape index (κ3) is 3.66. The molecule has 1 atom stereocenters. The second-order valence-electron chi connectivity index (χ2n) is 6.25. The van der Waals surface area contributed by atoms with Crippen molar-refractivity contribution in [1.29, 1.82) is 0 Å². The van der Waals surface area contributed by atoms with Crippen molar-refractivity contribution in [3.8, 4) is 5.75 Å². The summed E-state index contributed by atoms with van der Waals surface area (Å²) >= 11 is 0. The average Bonchev–Trinajstić information content (AvgIpc) is 2.32. The van der Waals surface area contributed by atoms with E-state index in [9.17, 15) is 8.78 Å². The van der Waals surface area contributed by atoms with Gasteiger partial charge in [-0.05, 0) is 42.4 Å². The van der Waals surface area contributed by atoms with Crippen LogP contribution < -0.4 is 5.32 Å². The van der Waals surface area contributed by atoms with Crippen molar-refractivity contribution in [2.75, 3.05) is 0 Å². The Morgan fingerprint density at radius 3 is 2.53 bits per heavy atom. The first-order valence-corrected chi connectivity index (χ1v) is 6.78. The summed E-state index contributed by atoms with van der Waals surface area (Å²) in [6, 6.07) is 2.75. The molecule has 0 saturated heterocycles. The lowest BCUT2D eigenvalue weighted by Gasteiger charge is -2.35. The van der Waals surface area contributed by atoms with Gasteiger partial charge < -0.3 is 10.4 Å². The summed E-state index contributed by atoms with van der Waals surface area (Å²) in [5.74, 6) is -2.70. The summed E-state index contributed by atoms with van der Waals surface area (Å²) in [5.41, 5.74) is 0.859. The molecule has 2 rings (SSSR count). The minimum atomic E-state index is -0.902. The van der Waals surface area contributed by atoms with Gasteiger partial charge in [-0.3, -0.25) is 0 Å². The highest BCUT2D eigenvalue weighted by molar-refractivity contribution is 5.30. The third-order valence-electron chi connectivity index (χ3n) is 3.88. The van der Waals surface area contributed by atoms with Crippen LogP contribution in [0.4, 0.5) is 8.78 Å². The average molecular weight is 269 g/mol. The van der Waals surface area contributed by atoms with Gasteiger partial charge in [-0.15, -0.1) is 0 Å². The lowest BCUT2D eigenvalue weighted by atomic mass is 9.75. The van der Waals surface area contributed by atoms with Crippen LogP contribution in [0, 0.1) is 17.0 Å². The van der Waals surface area contributed by atoms with Crippen LogP contribution in [0.25, 0.3) is 0 Å². The van der Waals surface area contributed by atoms with Gasteiger partial charge >= 0.3 is 0 Å². The molecule has 0 heterocycles. The normalized spacial score (nSPS) is 22.4. The highest BCUT2D eigenvalue weighted by Gasteiger charge is 2.27. The molecule has 19 heavy (non-hydrogen) atoms. The summed E-state index contributed by atoms with van der Waals surface area (Å²) in [6.07, 6.45) is 4.60. The molecule has 2 N–H and O–H groups in total. The second-order valence-corrected chi connectivity index (χ2v) is 6.25. The van der Waals surface area contributed by atoms with Crippen LogP contribution in [-0.2, 0) is 6.54 Å². The summed E-state index contributed by atoms with van der Waals surface area (Å²) in [6.45, 7) is 4.93. The molecule has 106 valence electrons. The number of halogens is 2. The van der Waals surface area contributed by atoms with Crippen molar-refractivity contribution >= 4 is 0 Å². The molecule has 0 radical (unpaired) electrons. The Balaban J connectivity index is 1.95. The number of hydrogen-bond donors (Lipinski definition) is 2. The van der Waals surface area contributed by atoms with Crippen molar-refractivity contribution < 1.29 is 13.9 Å². The Hall–Kier alpha value is -1.16. The monoisotopic (exact) mass is 269 g/mol. The fourth-order valence-electron chi connectivity index (χ4n) is 2.85. The van der Waals surface area contributed by atoms with E-state index in [0.29, 0.717) is 23.6 Å². The topological polar surface area (TPSA) is 32.3 Å². The predicted octanol–water partition coefficient (Wildman–Crippen LogP) is 3.73. The quantitative estimate of drug-likeness (QED) is 0.876. The lowest BCUT2D eigenvalue weighted by molar-refractivity contribution is 0.197. The molecule has 1 aromatic carbocycles. The van der Waals surface area contributed by atoms with Gasteiger partial charge in [0, 0.05) is 12.6 Å². The maximum absolute atomic E-state index is 13.2. The highest BCUT2D eigenvalue weighted by atomic mass is 19.1. The molecule has 1 unspecified atom stereocenters. The van der Waals surface area contributed by atoms with E-state index in [2.05, 4.69) is 19.2 Å². The molecule has 0 spiro atoms. The van der Waals surface area contributed by atoms with Gasteiger partial charge in [0.25, 0.3) is 0 Å². The molecule has 1 aliphatic carbocycles. The number of phenolic OH excluding ortho intramolecular Hbond substituents is 1. The number of phenols is 1. The Morgan fingerprint density at radius 1 is 1.32 bits per heavy atom. The van der Waals surface area contributed by atoms with E-state index < -0.39 is 17.4 Å². The molecule has 2 nitrogen and oxygen atoms in total. The molecular formula is C15H21F2NO. The first-order chi connectivity index (χ1) is 8.87. The van der Waals surface area contributed by atoms with Crippen molar-refractivity contribution in [2.45, 2.75) is 52.1 Å². The number of nitrogens with one attached hydrogen (secondary N) is 1. The highest BCUT2D eigenvalue weighted by Crippen LogP contribution is 2.35. The molecule has 0 aromatic heterocycles. The van der Waals surface area contributed by atoms with E-state index in [1.807, 2.05) is 0 Å². The zero-order valence-corrected chi connectivity index (χ0v) is 11.5. The van der Waals surface area contributed by atoms with Gasteiger partial charge in [0.1, 0.15) is 0 Å². The van der Waals surface area contributed by atoms with Crippen molar-refractivity contribution in [1.82, 2.24) is 5.32 Å². The van der Waals surface area contributed by atoms with Crippen LogP contribution in [0.1, 0.15) is 45.1 Å². The SMILES string of the molecule is CC1(C)CCCC(NCc2cc(F)c(O)c(F)c2)C1. The molecule has 1 fully saturated rings. The van der Waals surface area contributed by atoms with Crippen molar-refractivity contribution in [3.05, 3.63) is 29.3 Å². The van der Waals surface area contributed by atoms with Gasteiger partial charge in [0.2, 0.25) is 0 Å². The summed E-state index contributed by atoms with van der Waals surface area (Å²) in [5, 5.41) is 12.4. The number of benzene rings is 1. The molecule has 1 aromatic rings. The van der Waals surface area contributed by atoms with Gasteiger partial charge in [-0.2, -0.15) is 0 Å². The van der Waals surface area contributed by atoms with Crippen LogP contribution in [0.5, 0.6) is 5.75 Å². The van der Waals surface area contributed by atoms with Crippen LogP contribution >= 0.6 is 0 Å². The second kappa shape index (κ2) is 5.45. The minimum Gasteiger partial charge on any atom is -0.503 e. The molecule has 0 bridgehead atoms. The largest absolute Gasteiger partial charge is 0.503 e. The summed E-state index contributed by atoms with van der Waals surface area (Å²) < 4.78 is 26.4. The third-order valence-corrected chi connectivity index (χ3v) is 3.88. The Labute approximate surface area is 112 Å². The molecular weight excluding hydrogens is 248 g/mol. The van der Waals surface area contributed by atoms with Crippen LogP contribution in [-0.4, -0.2) is 11.1 Å². The minimum absolute atomic E-state index is 0.335. The molecule has 0 aliphatic heterocycles. The Morgan fingerprint density at radius 2 is 1.95 bits per heavy atom. The number of hydrogen-bond acceptors (Lipinski definition) is 2. The Kier molecular flexibility index (Phi) is 4.09. The fourth-order valence-corrected chi connectivity index (χ4v) is 2.85. The van der Waals surface area contributed by atoms with E-state index in [4.69, 9.17) is 5.11 Å². The van der Waals surface area contributed by atoms with Gasteiger partial charge in [-0.1, -0.05) is 20.3 Å². The van der Waals surface area contributed by atoms with E-state index in [0.717, 1.165) is 12.8 Å². The number of aromatic hydroxyl groups is 1. The van der Waals surface area contributed by atoms with Crippen LogP contribution in [0.15, 0.2) is 12.1 Å². The predicted molar refractivity (Wildman–Crippen MR) is 70.9 cm³/mol. The first kappa shape index (κ1) is 14.3. The van der Waals surface area contributed by atoms with E-state index in [1.165, 1.54) is 25.0 Å². The molecule has 0 amide bonds. The van der Waals surface area contributed by atoms with Crippen LogP contribution in [0.3, 0.4) is 0 Å². The lowest BCUT2D eigenvalue weighted by Crippen LogP contribution is -2.36. The maximum atomic E-state index is 13.2. The van der Waals surface area contributed by atoms with Gasteiger partial charge in [0.15, 0.2) is 17.4 Å². The van der Waals surface area contributed by atoms with E-state index in [-0.39, 0.29) is 0 Å². The van der Waals surface area contributed by atoms with Crippen LogP contribution in [0.2, 0.25) is 0 Å². The number of rotatable bonds is 3. The standard InChI is InChI=1S/C15H21F2NO/c1-15(2)5-3-4-11(8-15)18-9-10-6-12(16)14(19)13(17)7-10/h6-7,11,18-19H,3-5,8-9H2,1-2H3. The van der Waals surface area contributed by atoms with E-state index in [1.54, 1.807) is 0 Å². The van der Waals surface area contributed by atoms with Crippen molar-refractivity contribution in [2.24, 2.45) is 5.41 Å². The fraction of sp³-hybridized carbons (Fsp3) is 0.600. The summed E-state index contributed by atoms with van der Waals surface area (Å²) in [4.78, 5) is 0. The maximum Gasteiger partial charge on any atom is 0.187 e. The molecule has 4 heteroatoms. The smallest absolute Gasteiger partial charge is 0.187 e. The first-order valence-electron chi connectivity index (χ1n) is 6.78. The van der Waals surface area contributed by atoms with Crippen molar-refractivity contribution in [3.63, 3.8) is 0 Å². The zero-order valence-electron chi connectivity index (χ0n) is 11.5. The molecule has 1 aliphatic rings.